The fraction of sp³-hybridized carbons (Fsp3) is 1.00. The molecular formula is C11H22OS. The lowest BCUT2D eigenvalue weighted by Crippen LogP contribution is -2.21. The summed E-state index contributed by atoms with van der Waals surface area (Å²) in [5.41, 5.74) is 0. The summed E-state index contributed by atoms with van der Waals surface area (Å²) >= 11 is 1.99. The molecule has 2 atom stereocenters. The molecule has 0 aromatic rings. The Morgan fingerprint density at radius 3 is 2.77 bits per heavy atom. The van der Waals surface area contributed by atoms with E-state index in [-0.39, 0.29) is 6.10 Å². The quantitative estimate of drug-likeness (QED) is 0.558. The highest BCUT2D eigenvalue weighted by Gasteiger charge is 2.21. The molecule has 78 valence electrons. The summed E-state index contributed by atoms with van der Waals surface area (Å²) in [6.45, 7) is 2.23. The highest BCUT2D eigenvalue weighted by atomic mass is 32.2. The van der Waals surface area contributed by atoms with Crippen LogP contribution in [-0.4, -0.2) is 22.2 Å². The molecule has 0 aromatic carbocycles. The molecule has 2 unspecified atom stereocenters. The van der Waals surface area contributed by atoms with Gasteiger partial charge in [0.2, 0.25) is 0 Å². The zero-order chi connectivity index (χ0) is 9.52. The monoisotopic (exact) mass is 202 g/mol. The van der Waals surface area contributed by atoms with E-state index in [1.165, 1.54) is 44.3 Å². The van der Waals surface area contributed by atoms with Gasteiger partial charge in [-0.2, -0.15) is 11.8 Å². The number of hydrogen-bond acceptors (Lipinski definition) is 2. The third kappa shape index (κ3) is 4.37. The van der Waals surface area contributed by atoms with Crippen molar-refractivity contribution in [3.8, 4) is 0 Å². The van der Waals surface area contributed by atoms with Gasteiger partial charge in [0, 0.05) is 5.25 Å². The third-order valence-electron chi connectivity index (χ3n) is 2.75. The maximum absolute atomic E-state index is 9.83. The van der Waals surface area contributed by atoms with E-state index in [4.69, 9.17) is 0 Å². The highest BCUT2D eigenvalue weighted by Crippen LogP contribution is 2.28. The molecule has 13 heavy (non-hydrogen) atoms. The van der Waals surface area contributed by atoms with Crippen LogP contribution in [0.15, 0.2) is 0 Å². The normalized spacial score (nSPS) is 30.0. The van der Waals surface area contributed by atoms with E-state index in [0.29, 0.717) is 5.25 Å². The number of hydrogen-bond donors (Lipinski definition) is 1. The molecule has 1 aliphatic rings. The summed E-state index contributed by atoms with van der Waals surface area (Å²) < 4.78 is 0. The van der Waals surface area contributed by atoms with Crippen molar-refractivity contribution in [1.29, 1.82) is 0 Å². The lowest BCUT2D eigenvalue weighted by Gasteiger charge is -2.19. The standard InChI is InChI=1S/C11H22OS/c1-2-3-9-13-11-8-6-4-5-7-10(11)12/h10-12H,2-9H2,1H3. The SMILES string of the molecule is CCCCSC1CCCCCC1O. The van der Waals surface area contributed by atoms with Crippen molar-refractivity contribution < 1.29 is 5.11 Å². The first kappa shape index (κ1) is 11.4. The van der Waals surface area contributed by atoms with Gasteiger partial charge in [-0.15, -0.1) is 0 Å². The van der Waals surface area contributed by atoms with Gasteiger partial charge in [-0.25, -0.2) is 0 Å². The van der Waals surface area contributed by atoms with Gasteiger partial charge in [0.25, 0.3) is 0 Å². The van der Waals surface area contributed by atoms with Crippen LogP contribution in [-0.2, 0) is 0 Å². The Morgan fingerprint density at radius 2 is 2.00 bits per heavy atom. The molecule has 1 saturated carbocycles. The van der Waals surface area contributed by atoms with Crippen molar-refractivity contribution in [2.24, 2.45) is 0 Å². The van der Waals surface area contributed by atoms with Crippen molar-refractivity contribution in [3.63, 3.8) is 0 Å². The molecule has 1 nitrogen and oxygen atoms in total. The minimum Gasteiger partial charge on any atom is -0.392 e. The fourth-order valence-corrected chi connectivity index (χ4v) is 3.28. The number of aliphatic hydroxyl groups is 1. The predicted molar refractivity (Wildman–Crippen MR) is 60.2 cm³/mol. The topological polar surface area (TPSA) is 20.2 Å². The molecule has 0 amide bonds. The van der Waals surface area contributed by atoms with Gasteiger partial charge < -0.3 is 5.11 Å². The van der Waals surface area contributed by atoms with Crippen LogP contribution in [0.25, 0.3) is 0 Å². The molecule has 1 fully saturated rings. The average Bonchev–Trinajstić information content (AvgIpc) is 2.32. The van der Waals surface area contributed by atoms with Crippen molar-refractivity contribution >= 4 is 11.8 Å². The van der Waals surface area contributed by atoms with E-state index in [1.54, 1.807) is 0 Å². The van der Waals surface area contributed by atoms with Crippen LogP contribution in [0, 0.1) is 0 Å². The van der Waals surface area contributed by atoms with E-state index >= 15 is 0 Å². The maximum atomic E-state index is 9.83. The molecule has 0 radical (unpaired) electrons. The van der Waals surface area contributed by atoms with E-state index in [9.17, 15) is 5.11 Å². The molecule has 0 saturated heterocycles. The number of rotatable bonds is 4. The minimum atomic E-state index is -0.0237. The van der Waals surface area contributed by atoms with E-state index < -0.39 is 0 Å². The smallest absolute Gasteiger partial charge is 0.0658 e. The lowest BCUT2D eigenvalue weighted by molar-refractivity contribution is 0.163. The van der Waals surface area contributed by atoms with E-state index in [2.05, 4.69) is 6.92 Å². The molecule has 0 spiro atoms. The van der Waals surface area contributed by atoms with Crippen LogP contribution in [0.2, 0.25) is 0 Å². The van der Waals surface area contributed by atoms with Crippen molar-refractivity contribution in [3.05, 3.63) is 0 Å². The van der Waals surface area contributed by atoms with Gasteiger partial charge in [0.05, 0.1) is 6.10 Å². The summed E-state index contributed by atoms with van der Waals surface area (Å²) in [6.07, 6.45) is 8.68. The molecule has 0 bridgehead atoms. The lowest BCUT2D eigenvalue weighted by atomic mass is 10.1. The molecule has 1 N–H and O–H groups in total. The van der Waals surface area contributed by atoms with E-state index in [0.717, 1.165) is 6.42 Å². The van der Waals surface area contributed by atoms with Crippen LogP contribution in [0.5, 0.6) is 0 Å². The fourth-order valence-electron chi connectivity index (χ4n) is 1.83. The second-order valence-electron chi connectivity index (χ2n) is 3.97. The van der Waals surface area contributed by atoms with Gasteiger partial charge in [-0.05, 0) is 25.0 Å². The molecule has 0 aliphatic heterocycles. The first-order chi connectivity index (χ1) is 6.34. The summed E-state index contributed by atoms with van der Waals surface area (Å²) in [5, 5.41) is 10.4. The Kier molecular flexibility index (Phi) is 5.88. The maximum Gasteiger partial charge on any atom is 0.0658 e. The van der Waals surface area contributed by atoms with Gasteiger partial charge >= 0.3 is 0 Å². The van der Waals surface area contributed by atoms with Crippen molar-refractivity contribution in [1.82, 2.24) is 0 Å². The molecular weight excluding hydrogens is 180 g/mol. The summed E-state index contributed by atoms with van der Waals surface area (Å²) in [5.74, 6) is 1.23. The second-order valence-corrected chi connectivity index (χ2v) is 5.32. The van der Waals surface area contributed by atoms with Crippen LogP contribution >= 0.6 is 11.8 Å². The van der Waals surface area contributed by atoms with Crippen molar-refractivity contribution in [2.45, 2.75) is 63.2 Å². The van der Waals surface area contributed by atoms with Crippen molar-refractivity contribution in [2.75, 3.05) is 5.75 Å². The summed E-state index contributed by atoms with van der Waals surface area (Å²) in [6, 6.07) is 0. The Labute approximate surface area is 86.3 Å². The van der Waals surface area contributed by atoms with Gasteiger partial charge in [0.1, 0.15) is 0 Å². The Balaban J connectivity index is 2.19. The van der Waals surface area contributed by atoms with Gasteiger partial charge in [-0.3, -0.25) is 0 Å². The largest absolute Gasteiger partial charge is 0.392 e. The average molecular weight is 202 g/mol. The molecule has 1 rings (SSSR count). The Bertz CT molecular complexity index is 127. The minimum absolute atomic E-state index is 0.0237. The number of unbranched alkanes of at least 4 members (excludes halogenated alkanes) is 1. The number of aliphatic hydroxyl groups excluding tert-OH is 1. The summed E-state index contributed by atoms with van der Waals surface area (Å²) in [4.78, 5) is 0. The molecule has 0 aromatic heterocycles. The zero-order valence-corrected chi connectivity index (χ0v) is 9.48. The summed E-state index contributed by atoms with van der Waals surface area (Å²) in [7, 11) is 0. The third-order valence-corrected chi connectivity index (χ3v) is 4.25. The predicted octanol–water partition coefficient (Wildman–Crippen LogP) is 3.21. The second kappa shape index (κ2) is 6.72. The Hall–Kier alpha value is 0.310. The number of thioether (sulfide) groups is 1. The van der Waals surface area contributed by atoms with Crippen LogP contribution < -0.4 is 0 Å². The first-order valence-electron chi connectivity index (χ1n) is 5.64. The molecule has 1 aliphatic carbocycles. The van der Waals surface area contributed by atoms with Crippen LogP contribution in [0.4, 0.5) is 0 Å². The van der Waals surface area contributed by atoms with Crippen LogP contribution in [0.1, 0.15) is 51.9 Å². The van der Waals surface area contributed by atoms with Crippen LogP contribution in [0.3, 0.4) is 0 Å². The van der Waals surface area contributed by atoms with Gasteiger partial charge in [-0.1, -0.05) is 32.6 Å². The zero-order valence-electron chi connectivity index (χ0n) is 8.67. The highest BCUT2D eigenvalue weighted by molar-refractivity contribution is 7.99. The van der Waals surface area contributed by atoms with E-state index in [1.807, 2.05) is 11.8 Å². The molecule has 0 heterocycles. The molecule has 2 heteroatoms. The Morgan fingerprint density at radius 1 is 1.23 bits per heavy atom. The van der Waals surface area contributed by atoms with Gasteiger partial charge in [0.15, 0.2) is 0 Å². The first-order valence-corrected chi connectivity index (χ1v) is 6.69.